The van der Waals surface area contributed by atoms with E-state index in [1.165, 1.54) is 5.56 Å². The highest BCUT2D eigenvalue weighted by molar-refractivity contribution is 9.10. The van der Waals surface area contributed by atoms with E-state index in [1.54, 1.807) is 0 Å². The number of aryl methyl sites for hydroxylation is 1. The number of unbranched alkanes of at least 4 members (excludes halogenated alkanes) is 1. The van der Waals surface area contributed by atoms with E-state index >= 15 is 0 Å². The van der Waals surface area contributed by atoms with Crippen molar-refractivity contribution in [3.05, 3.63) is 34.3 Å². The lowest BCUT2D eigenvalue weighted by Gasteiger charge is -2.01. The summed E-state index contributed by atoms with van der Waals surface area (Å²) in [5.41, 5.74) is 1.30. The van der Waals surface area contributed by atoms with Gasteiger partial charge < -0.3 is 0 Å². The minimum atomic E-state index is 0.0461. The van der Waals surface area contributed by atoms with E-state index in [4.69, 9.17) is 0 Å². The predicted octanol–water partition coefficient (Wildman–Crippen LogP) is 3.20. The van der Waals surface area contributed by atoms with Crippen LogP contribution in [0.15, 0.2) is 28.7 Å². The van der Waals surface area contributed by atoms with Gasteiger partial charge in [-0.05, 0) is 30.9 Å². The highest BCUT2D eigenvalue weighted by Crippen LogP contribution is 2.17. The molecule has 0 aliphatic rings. The van der Waals surface area contributed by atoms with Gasteiger partial charge in [-0.25, -0.2) is 5.11 Å². The Morgan fingerprint density at radius 1 is 1.17 bits per heavy atom. The molecule has 2 heteroatoms. The fraction of sp³-hybridized carbons (Fsp3) is 0.400. The summed E-state index contributed by atoms with van der Waals surface area (Å²) in [5, 5.41) is 10.2. The van der Waals surface area contributed by atoms with Crippen LogP contribution >= 0.6 is 15.9 Å². The third-order valence-electron chi connectivity index (χ3n) is 1.80. The summed E-state index contributed by atoms with van der Waals surface area (Å²) in [7, 11) is 0. The van der Waals surface area contributed by atoms with Crippen LogP contribution in [-0.2, 0) is 11.5 Å². The van der Waals surface area contributed by atoms with E-state index in [-0.39, 0.29) is 6.61 Å². The third kappa shape index (κ3) is 2.95. The lowest BCUT2D eigenvalue weighted by molar-refractivity contribution is 0.187. The fourth-order valence-corrected chi connectivity index (χ4v) is 1.60. The van der Waals surface area contributed by atoms with E-state index in [2.05, 4.69) is 22.0 Å². The molecule has 0 N–H and O–H groups in total. The molecule has 0 aromatic heterocycles. The Hall–Kier alpha value is -0.340. The zero-order valence-electron chi connectivity index (χ0n) is 6.92. The van der Waals surface area contributed by atoms with Crippen LogP contribution in [0.2, 0.25) is 0 Å². The average Bonchev–Trinajstić information content (AvgIpc) is 2.09. The molecular weight excluding hydrogens is 216 g/mol. The second-order valence-corrected chi connectivity index (χ2v) is 3.61. The summed E-state index contributed by atoms with van der Waals surface area (Å²) in [4.78, 5) is 0. The molecule has 0 saturated carbocycles. The smallest absolute Gasteiger partial charge is 0.0822 e. The first-order valence-electron chi connectivity index (χ1n) is 4.16. The van der Waals surface area contributed by atoms with E-state index in [9.17, 15) is 5.11 Å². The fourth-order valence-electron chi connectivity index (χ4n) is 1.12. The molecule has 0 spiro atoms. The minimum absolute atomic E-state index is 0.0461. The van der Waals surface area contributed by atoms with Crippen molar-refractivity contribution in [3.63, 3.8) is 0 Å². The Balaban J connectivity index is 2.46. The Morgan fingerprint density at radius 3 is 2.58 bits per heavy atom. The third-order valence-corrected chi connectivity index (χ3v) is 2.57. The molecule has 0 heterocycles. The van der Waals surface area contributed by atoms with Crippen LogP contribution in [0, 0.1) is 0 Å². The summed E-state index contributed by atoms with van der Waals surface area (Å²) in [5.74, 6) is 0. The molecule has 0 aliphatic heterocycles. The number of halogens is 1. The van der Waals surface area contributed by atoms with Crippen molar-refractivity contribution in [2.24, 2.45) is 0 Å². The van der Waals surface area contributed by atoms with E-state index in [0.717, 1.165) is 23.7 Å². The summed E-state index contributed by atoms with van der Waals surface area (Å²) < 4.78 is 1.15. The highest BCUT2D eigenvalue weighted by atomic mass is 79.9. The summed E-state index contributed by atoms with van der Waals surface area (Å²) in [6.45, 7) is 0.0461. The normalized spacial score (nSPS) is 10.2. The van der Waals surface area contributed by atoms with Gasteiger partial charge in [-0.15, -0.1) is 0 Å². The van der Waals surface area contributed by atoms with Gasteiger partial charge in [-0.3, -0.25) is 0 Å². The maximum atomic E-state index is 10.2. The van der Waals surface area contributed by atoms with Gasteiger partial charge in [0, 0.05) is 4.47 Å². The standard InChI is InChI=1S/C10H12BrO/c11-10-7-2-1-5-9(10)6-3-4-8-12/h1-2,5,7H,3-4,6,8H2. The predicted molar refractivity (Wildman–Crippen MR) is 52.6 cm³/mol. The largest absolute Gasteiger partial charge is 0.237 e. The topological polar surface area (TPSA) is 19.9 Å². The molecule has 0 fully saturated rings. The molecule has 0 atom stereocenters. The number of benzene rings is 1. The van der Waals surface area contributed by atoms with E-state index < -0.39 is 0 Å². The summed E-state index contributed by atoms with van der Waals surface area (Å²) in [6.07, 6.45) is 2.77. The van der Waals surface area contributed by atoms with Crippen LogP contribution in [0.3, 0.4) is 0 Å². The van der Waals surface area contributed by atoms with Gasteiger partial charge in [0.25, 0.3) is 0 Å². The SMILES string of the molecule is [O]CCCCc1ccccc1Br. The van der Waals surface area contributed by atoms with Gasteiger partial charge in [-0.2, -0.15) is 0 Å². The molecule has 65 valence electrons. The van der Waals surface area contributed by atoms with Crippen LogP contribution < -0.4 is 0 Å². The Morgan fingerprint density at radius 2 is 1.92 bits per heavy atom. The monoisotopic (exact) mass is 227 g/mol. The molecule has 1 radical (unpaired) electrons. The Labute approximate surface area is 81.6 Å². The second kappa shape index (κ2) is 5.33. The average molecular weight is 228 g/mol. The molecule has 1 aromatic rings. The maximum Gasteiger partial charge on any atom is 0.0822 e. The highest BCUT2D eigenvalue weighted by Gasteiger charge is 1.96. The first-order chi connectivity index (χ1) is 5.84. The first-order valence-corrected chi connectivity index (χ1v) is 4.95. The number of rotatable bonds is 4. The quantitative estimate of drug-likeness (QED) is 0.705. The molecule has 0 unspecified atom stereocenters. The zero-order chi connectivity index (χ0) is 8.81. The van der Waals surface area contributed by atoms with Crippen LogP contribution in [-0.4, -0.2) is 6.61 Å². The molecule has 1 nitrogen and oxygen atoms in total. The van der Waals surface area contributed by atoms with Gasteiger partial charge in [0.15, 0.2) is 0 Å². The van der Waals surface area contributed by atoms with Gasteiger partial charge in [0.2, 0.25) is 0 Å². The Bertz CT molecular complexity index is 235. The van der Waals surface area contributed by atoms with Crippen molar-refractivity contribution in [3.8, 4) is 0 Å². The second-order valence-electron chi connectivity index (χ2n) is 2.75. The van der Waals surface area contributed by atoms with Crippen molar-refractivity contribution in [1.82, 2.24) is 0 Å². The van der Waals surface area contributed by atoms with E-state index in [1.807, 2.05) is 18.2 Å². The summed E-state index contributed by atoms with van der Waals surface area (Å²) >= 11 is 3.47. The lowest BCUT2D eigenvalue weighted by atomic mass is 10.1. The molecule has 0 aliphatic carbocycles. The lowest BCUT2D eigenvalue weighted by Crippen LogP contribution is -1.88. The molecular formula is C10H12BrO. The van der Waals surface area contributed by atoms with Gasteiger partial charge in [-0.1, -0.05) is 34.1 Å². The first kappa shape index (κ1) is 9.75. The zero-order valence-corrected chi connectivity index (χ0v) is 8.51. The van der Waals surface area contributed by atoms with Crippen LogP contribution in [0.25, 0.3) is 0 Å². The van der Waals surface area contributed by atoms with E-state index in [0.29, 0.717) is 0 Å². The molecule has 0 amide bonds. The van der Waals surface area contributed by atoms with Gasteiger partial charge >= 0.3 is 0 Å². The van der Waals surface area contributed by atoms with Crippen molar-refractivity contribution in [2.45, 2.75) is 19.3 Å². The summed E-state index contributed by atoms with van der Waals surface area (Å²) in [6, 6.07) is 8.15. The number of hydrogen-bond donors (Lipinski definition) is 0. The van der Waals surface area contributed by atoms with Crippen LogP contribution in [0.4, 0.5) is 0 Å². The Kier molecular flexibility index (Phi) is 4.33. The van der Waals surface area contributed by atoms with Crippen LogP contribution in [0.5, 0.6) is 0 Å². The molecule has 0 bridgehead atoms. The van der Waals surface area contributed by atoms with Crippen LogP contribution in [0.1, 0.15) is 18.4 Å². The van der Waals surface area contributed by atoms with Gasteiger partial charge in [0.1, 0.15) is 0 Å². The van der Waals surface area contributed by atoms with Crippen molar-refractivity contribution in [1.29, 1.82) is 0 Å². The molecule has 1 rings (SSSR count). The minimum Gasteiger partial charge on any atom is -0.237 e. The maximum absolute atomic E-state index is 10.2. The molecule has 12 heavy (non-hydrogen) atoms. The van der Waals surface area contributed by atoms with Crippen molar-refractivity contribution >= 4 is 15.9 Å². The van der Waals surface area contributed by atoms with Gasteiger partial charge in [0.05, 0.1) is 6.61 Å². The molecule has 0 saturated heterocycles. The molecule has 1 aromatic carbocycles. The van der Waals surface area contributed by atoms with Crippen molar-refractivity contribution < 1.29 is 5.11 Å². The number of hydrogen-bond acceptors (Lipinski definition) is 0. The van der Waals surface area contributed by atoms with Crippen molar-refractivity contribution in [2.75, 3.05) is 6.61 Å².